The summed E-state index contributed by atoms with van der Waals surface area (Å²) in [6, 6.07) is 8.49. The lowest BCUT2D eigenvalue weighted by molar-refractivity contribution is -0.0461. The zero-order valence-corrected chi connectivity index (χ0v) is 16.5. The molecule has 0 amide bonds. The van der Waals surface area contributed by atoms with Gasteiger partial charge in [-0.15, -0.1) is 11.3 Å². The summed E-state index contributed by atoms with van der Waals surface area (Å²) in [4.78, 5) is 7.93. The van der Waals surface area contributed by atoms with Gasteiger partial charge < -0.3 is 9.52 Å². The second-order valence-electron chi connectivity index (χ2n) is 8.09. The van der Waals surface area contributed by atoms with E-state index < -0.39 is 0 Å². The number of piperidine rings is 2. The van der Waals surface area contributed by atoms with Crippen LogP contribution in [-0.2, 0) is 13.1 Å². The Bertz CT molecular complexity index is 689. The summed E-state index contributed by atoms with van der Waals surface area (Å²) in [7, 11) is 0. The van der Waals surface area contributed by atoms with Gasteiger partial charge >= 0.3 is 0 Å². The van der Waals surface area contributed by atoms with Crippen LogP contribution in [0.4, 0.5) is 0 Å². The van der Waals surface area contributed by atoms with E-state index in [2.05, 4.69) is 28.9 Å². The second kappa shape index (κ2) is 7.85. The summed E-state index contributed by atoms with van der Waals surface area (Å²) in [5.74, 6) is 1.41. The zero-order valence-electron chi connectivity index (χ0n) is 15.7. The van der Waals surface area contributed by atoms with Crippen LogP contribution in [0.25, 0.3) is 0 Å². The van der Waals surface area contributed by atoms with E-state index in [0.717, 1.165) is 45.0 Å². The Labute approximate surface area is 160 Å². The Hall–Kier alpha value is -1.14. The van der Waals surface area contributed by atoms with Crippen LogP contribution in [-0.4, -0.2) is 47.7 Å². The molecule has 2 aliphatic heterocycles. The van der Waals surface area contributed by atoms with Crippen LogP contribution in [0.2, 0.25) is 0 Å². The normalized spacial score (nSPS) is 24.3. The molecule has 26 heavy (non-hydrogen) atoms. The summed E-state index contributed by atoms with van der Waals surface area (Å²) in [6.45, 7) is 8.85. The molecule has 0 aliphatic carbocycles. The fourth-order valence-electron chi connectivity index (χ4n) is 4.80. The average molecular weight is 375 g/mol. The molecule has 0 aromatic carbocycles. The van der Waals surface area contributed by atoms with Gasteiger partial charge in [-0.1, -0.05) is 0 Å². The van der Waals surface area contributed by atoms with E-state index in [1.807, 2.05) is 23.5 Å². The Morgan fingerprint density at radius 2 is 1.88 bits per heavy atom. The Morgan fingerprint density at radius 3 is 2.50 bits per heavy atom. The molecule has 0 bridgehead atoms. The van der Waals surface area contributed by atoms with Crippen molar-refractivity contribution in [1.82, 2.24) is 9.80 Å². The van der Waals surface area contributed by atoms with E-state index in [1.54, 1.807) is 6.26 Å². The maximum absolute atomic E-state index is 10.1. The molecule has 2 saturated heterocycles. The van der Waals surface area contributed by atoms with Crippen molar-refractivity contribution >= 4 is 11.3 Å². The van der Waals surface area contributed by atoms with Crippen LogP contribution < -0.4 is 0 Å². The maximum Gasteiger partial charge on any atom is 0.117 e. The third-order valence-corrected chi connectivity index (χ3v) is 7.46. The number of thiophene rings is 1. The quantitative estimate of drug-likeness (QED) is 0.865. The van der Waals surface area contributed by atoms with Crippen LogP contribution in [0, 0.1) is 18.3 Å². The number of hydrogen-bond donors (Lipinski definition) is 1. The minimum Gasteiger partial charge on any atom is -0.468 e. The van der Waals surface area contributed by atoms with Crippen molar-refractivity contribution in [1.29, 1.82) is 0 Å². The monoisotopic (exact) mass is 374 g/mol. The highest BCUT2D eigenvalue weighted by Crippen LogP contribution is 2.45. The molecule has 1 N–H and O–H groups in total. The van der Waals surface area contributed by atoms with E-state index in [4.69, 9.17) is 4.42 Å². The predicted molar refractivity (Wildman–Crippen MR) is 105 cm³/mol. The van der Waals surface area contributed by atoms with Gasteiger partial charge in [-0.25, -0.2) is 0 Å². The van der Waals surface area contributed by atoms with Gasteiger partial charge in [0.1, 0.15) is 5.76 Å². The zero-order chi connectivity index (χ0) is 18.0. The SMILES string of the molecule is Cc1ccc(CN2CCC3(CC2)CCN(Cc2ccco2)C[C@@H]3CO)s1. The number of likely N-dealkylation sites (tertiary alicyclic amines) is 2. The first-order valence-corrected chi connectivity index (χ1v) is 10.6. The van der Waals surface area contributed by atoms with Crippen LogP contribution in [0.3, 0.4) is 0 Å². The van der Waals surface area contributed by atoms with E-state index in [9.17, 15) is 5.11 Å². The molecule has 0 unspecified atom stereocenters. The molecular formula is C21H30N2O2S. The lowest BCUT2D eigenvalue weighted by Crippen LogP contribution is -2.53. The first kappa shape index (κ1) is 18.2. The first-order valence-electron chi connectivity index (χ1n) is 9.80. The fraction of sp³-hybridized carbons (Fsp3) is 0.619. The Kier molecular flexibility index (Phi) is 5.50. The Balaban J connectivity index is 1.33. The minimum atomic E-state index is 0.304. The van der Waals surface area contributed by atoms with E-state index in [-0.39, 0.29) is 0 Å². The van der Waals surface area contributed by atoms with Crippen molar-refractivity contribution in [2.45, 2.75) is 39.3 Å². The Morgan fingerprint density at radius 1 is 1.12 bits per heavy atom. The summed E-state index contributed by atoms with van der Waals surface area (Å²) >= 11 is 1.92. The van der Waals surface area contributed by atoms with Crippen molar-refractivity contribution in [3.63, 3.8) is 0 Å². The smallest absolute Gasteiger partial charge is 0.117 e. The third kappa shape index (κ3) is 3.91. The number of furan rings is 1. The highest BCUT2D eigenvalue weighted by atomic mass is 32.1. The van der Waals surface area contributed by atoms with Crippen molar-refractivity contribution in [2.24, 2.45) is 11.3 Å². The maximum atomic E-state index is 10.1. The van der Waals surface area contributed by atoms with Crippen LogP contribution in [0.1, 0.15) is 34.8 Å². The number of aryl methyl sites for hydroxylation is 1. The third-order valence-electron chi connectivity index (χ3n) is 6.48. The summed E-state index contributed by atoms with van der Waals surface area (Å²) in [6.07, 6.45) is 5.38. The number of hydrogen-bond acceptors (Lipinski definition) is 5. The van der Waals surface area contributed by atoms with Gasteiger partial charge in [-0.3, -0.25) is 9.80 Å². The second-order valence-corrected chi connectivity index (χ2v) is 9.47. The summed E-state index contributed by atoms with van der Waals surface area (Å²) in [5, 5.41) is 10.1. The highest BCUT2D eigenvalue weighted by molar-refractivity contribution is 7.11. The molecule has 4 nitrogen and oxygen atoms in total. The predicted octanol–water partition coefficient (Wildman–Crippen LogP) is 3.75. The molecule has 1 spiro atoms. The molecule has 4 rings (SSSR count). The fourth-order valence-corrected chi connectivity index (χ4v) is 5.74. The molecule has 2 aromatic rings. The van der Waals surface area contributed by atoms with E-state index in [0.29, 0.717) is 17.9 Å². The van der Waals surface area contributed by atoms with Gasteiger partial charge in [0.25, 0.3) is 0 Å². The van der Waals surface area contributed by atoms with Gasteiger partial charge in [0.15, 0.2) is 0 Å². The van der Waals surface area contributed by atoms with E-state index in [1.165, 1.54) is 29.0 Å². The van der Waals surface area contributed by atoms with Crippen LogP contribution in [0.15, 0.2) is 34.9 Å². The molecule has 142 valence electrons. The number of rotatable bonds is 5. The lowest BCUT2D eigenvalue weighted by Gasteiger charge is -2.51. The van der Waals surface area contributed by atoms with Gasteiger partial charge in [-0.2, -0.15) is 0 Å². The molecule has 2 fully saturated rings. The number of aliphatic hydroxyl groups excluding tert-OH is 1. The minimum absolute atomic E-state index is 0.304. The van der Waals surface area contributed by atoms with Crippen molar-refractivity contribution in [2.75, 3.05) is 32.8 Å². The molecule has 1 atom stereocenters. The highest BCUT2D eigenvalue weighted by Gasteiger charge is 2.44. The summed E-state index contributed by atoms with van der Waals surface area (Å²) < 4.78 is 5.50. The molecule has 0 saturated carbocycles. The molecule has 4 heterocycles. The van der Waals surface area contributed by atoms with Crippen LogP contribution in [0.5, 0.6) is 0 Å². The average Bonchev–Trinajstić information content (AvgIpc) is 3.30. The van der Waals surface area contributed by atoms with Gasteiger partial charge in [0.2, 0.25) is 0 Å². The summed E-state index contributed by atoms with van der Waals surface area (Å²) in [5.41, 5.74) is 0.330. The molecule has 5 heteroatoms. The van der Waals surface area contributed by atoms with Gasteiger partial charge in [0, 0.05) is 35.4 Å². The van der Waals surface area contributed by atoms with Gasteiger partial charge in [0.05, 0.1) is 12.8 Å². The van der Waals surface area contributed by atoms with E-state index >= 15 is 0 Å². The first-order chi connectivity index (χ1) is 12.7. The topological polar surface area (TPSA) is 39.9 Å². The molecular weight excluding hydrogens is 344 g/mol. The standard InChI is InChI=1S/C21H30N2O2S/c1-17-4-5-20(26-17)15-22-9-6-21(7-10-22)8-11-23(13-18(21)16-24)14-19-3-2-12-25-19/h2-5,12,18,24H,6-11,13-16H2,1H3/t18-/m1/s1. The van der Waals surface area contributed by atoms with Crippen molar-refractivity contribution in [3.05, 3.63) is 46.0 Å². The van der Waals surface area contributed by atoms with Crippen molar-refractivity contribution < 1.29 is 9.52 Å². The van der Waals surface area contributed by atoms with Crippen LogP contribution >= 0.6 is 11.3 Å². The lowest BCUT2D eigenvalue weighted by atomic mass is 9.64. The molecule has 2 aliphatic rings. The number of aliphatic hydroxyl groups is 1. The largest absolute Gasteiger partial charge is 0.468 e. The molecule has 2 aromatic heterocycles. The van der Waals surface area contributed by atoms with Gasteiger partial charge in [-0.05, 0) is 75.5 Å². The van der Waals surface area contributed by atoms with Crippen molar-refractivity contribution in [3.8, 4) is 0 Å². The number of nitrogens with zero attached hydrogens (tertiary/aromatic N) is 2. The molecule has 0 radical (unpaired) electrons.